The van der Waals surface area contributed by atoms with Crippen LogP contribution >= 0.6 is 0 Å². The van der Waals surface area contributed by atoms with E-state index in [2.05, 4.69) is 31.7 Å². The lowest BCUT2D eigenvalue weighted by Crippen LogP contribution is -2.30. The Morgan fingerprint density at radius 2 is 2.17 bits per heavy atom. The predicted octanol–water partition coefficient (Wildman–Crippen LogP) is 3.38. The first kappa shape index (κ1) is 22.9. The maximum absolute atomic E-state index is 14.8. The summed E-state index contributed by atoms with van der Waals surface area (Å²) < 4.78 is 18.2. The van der Waals surface area contributed by atoms with Crippen LogP contribution in [0.4, 0.5) is 16.0 Å². The number of halogens is 1. The fourth-order valence-corrected chi connectivity index (χ4v) is 4.61. The second-order valence-corrected chi connectivity index (χ2v) is 9.43. The molecule has 5 rings (SSSR count). The summed E-state index contributed by atoms with van der Waals surface area (Å²) in [5.74, 6) is -0.182. The molecule has 0 spiro atoms. The van der Waals surface area contributed by atoms with E-state index in [4.69, 9.17) is 0 Å². The quantitative estimate of drug-likeness (QED) is 0.586. The minimum atomic E-state index is -0.669. The third-order valence-electron chi connectivity index (χ3n) is 6.73. The van der Waals surface area contributed by atoms with Crippen molar-refractivity contribution < 1.29 is 4.39 Å². The standard InChI is InChI=1S/C25H27FN8O/c1-4-33-23(35)18-13-30-24(31-20-10-15-5-7-28-12-16(15)9-19(20)26)32-22(18)34(33)17-6-8-29-21(11-17)25(2,3)14-27/h6,8-10,13,21,28H,4-5,7,11-12H2,1-3H3,(H,30,31,32). The van der Waals surface area contributed by atoms with Crippen molar-refractivity contribution in [3.8, 4) is 6.07 Å². The fraction of sp³-hybridized carbons (Fsp3) is 0.400. The Balaban J connectivity index is 1.57. The summed E-state index contributed by atoms with van der Waals surface area (Å²) in [6.07, 6.45) is 6.28. The molecule has 1 unspecified atom stereocenters. The lowest BCUT2D eigenvalue weighted by Gasteiger charge is -2.28. The van der Waals surface area contributed by atoms with Crippen LogP contribution in [0.5, 0.6) is 0 Å². The van der Waals surface area contributed by atoms with E-state index in [1.54, 1.807) is 21.6 Å². The van der Waals surface area contributed by atoms with Crippen LogP contribution in [0.3, 0.4) is 0 Å². The van der Waals surface area contributed by atoms with Gasteiger partial charge in [-0.2, -0.15) is 10.2 Å². The number of aromatic nitrogens is 4. The van der Waals surface area contributed by atoms with E-state index in [1.807, 2.05) is 26.8 Å². The molecule has 2 aliphatic heterocycles. The normalized spacial score (nSPS) is 17.7. The van der Waals surface area contributed by atoms with Gasteiger partial charge in [0.25, 0.3) is 5.56 Å². The van der Waals surface area contributed by atoms with Gasteiger partial charge in [-0.1, -0.05) is 0 Å². The van der Waals surface area contributed by atoms with Gasteiger partial charge < -0.3 is 10.6 Å². The fourth-order valence-electron chi connectivity index (χ4n) is 4.61. The van der Waals surface area contributed by atoms with Crippen LogP contribution in [0.25, 0.3) is 16.7 Å². The maximum atomic E-state index is 14.8. The Morgan fingerprint density at radius 3 is 2.94 bits per heavy atom. The highest BCUT2D eigenvalue weighted by atomic mass is 19.1. The highest BCUT2D eigenvalue weighted by molar-refractivity contribution is 5.85. The maximum Gasteiger partial charge on any atom is 0.278 e. The Morgan fingerprint density at radius 1 is 1.34 bits per heavy atom. The number of nitriles is 1. The molecule has 0 saturated carbocycles. The van der Waals surface area contributed by atoms with Crippen molar-refractivity contribution >= 4 is 34.6 Å². The molecule has 0 amide bonds. The van der Waals surface area contributed by atoms with Crippen molar-refractivity contribution in [2.75, 3.05) is 11.9 Å². The molecule has 2 N–H and O–H groups in total. The summed E-state index contributed by atoms with van der Waals surface area (Å²) in [5.41, 5.74) is 2.68. The number of nitrogens with one attached hydrogen (secondary N) is 2. The van der Waals surface area contributed by atoms with Gasteiger partial charge in [0.05, 0.1) is 23.2 Å². The highest BCUT2D eigenvalue weighted by Gasteiger charge is 2.32. The first-order valence-electron chi connectivity index (χ1n) is 11.7. The van der Waals surface area contributed by atoms with Crippen molar-refractivity contribution in [2.45, 2.75) is 52.7 Å². The zero-order chi connectivity index (χ0) is 24.7. The van der Waals surface area contributed by atoms with E-state index in [1.165, 1.54) is 12.3 Å². The van der Waals surface area contributed by atoms with Crippen LogP contribution in [0.1, 0.15) is 38.3 Å². The van der Waals surface area contributed by atoms with E-state index < -0.39 is 5.41 Å². The van der Waals surface area contributed by atoms with Gasteiger partial charge in [0, 0.05) is 37.6 Å². The number of hydrogen-bond donors (Lipinski definition) is 2. The van der Waals surface area contributed by atoms with Crippen molar-refractivity contribution in [1.29, 1.82) is 5.26 Å². The van der Waals surface area contributed by atoms with Gasteiger partial charge in [-0.05, 0) is 63.1 Å². The summed E-state index contributed by atoms with van der Waals surface area (Å²) in [4.78, 5) is 26.5. The molecular weight excluding hydrogens is 447 g/mol. The second kappa shape index (κ2) is 8.74. The van der Waals surface area contributed by atoms with Gasteiger partial charge in [-0.3, -0.25) is 9.79 Å². The number of anilines is 2. The SMILES string of the molecule is CCn1c(=O)c2cnc(Nc3cc4c(cc3F)CNCC4)nc2n1C1=CC=NC(C(C)(C)C#N)C1. The molecule has 0 radical (unpaired) electrons. The van der Waals surface area contributed by atoms with Gasteiger partial charge >= 0.3 is 0 Å². The topological polar surface area (TPSA) is 113 Å². The summed E-state index contributed by atoms with van der Waals surface area (Å²) >= 11 is 0. The summed E-state index contributed by atoms with van der Waals surface area (Å²) in [5, 5.41) is 16.2. The number of aliphatic imine (C=N–C) groups is 1. The molecular formula is C25H27FN8O. The lowest BCUT2D eigenvalue weighted by molar-refractivity contribution is 0.384. The number of fused-ring (bicyclic) bond motifs is 2. The van der Waals surface area contributed by atoms with Crippen molar-refractivity contribution in [3.05, 3.63) is 51.7 Å². The van der Waals surface area contributed by atoms with Crippen LogP contribution in [-0.2, 0) is 19.5 Å². The van der Waals surface area contributed by atoms with E-state index in [0.29, 0.717) is 36.2 Å². The van der Waals surface area contributed by atoms with E-state index in [9.17, 15) is 14.4 Å². The Hall–Kier alpha value is -3.84. The summed E-state index contributed by atoms with van der Waals surface area (Å²) in [6, 6.07) is 5.40. The number of rotatable bonds is 5. The lowest BCUT2D eigenvalue weighted by atomic mass is 9.83. The van der Waals surface area contributed by atoms with Crippen LogP contribution in [0, 0.1) is 22.6 Å². The van der Waals surface area contributed by atoms with Gasteiger partial charge in [-0.25, -0.2) is 18.7 Å². The zero-order valence-corrected chi connectivity index (χ0v) is 20.0. The summed E-state index contributed by atoms with van der Waals surface area (Å²) in [7, 11) is 0. The highest BCUT2D eigenvalue weighted by Crippen LogP contribution is 2.32. The van der Waals surface area contributed by atoms with Crippen LogP contribution in [-0.4, -0.2) is 38.1 Å². The number of benzene rings is 1. The molecule has 2 aromatic heterocycles. The minimum Gasteiger partial charge on any atom is -0.322 e. The Bertz CT molecular complexity index is 1470. The van der Waals surface area contributed by atoms with E-state index >= 15 is 0 Å². The van der Waals surface area contributed by atoms with Crippen LogP contribution in [0.15, 0.2) is 34.2 Å². The third kappa shape index (κ3) is 4.02. The summed E-state index contributed by atoms with van der Waals surface area (Å²) in [6.45, 7) is 7.51. The predicted molar refractivity (Wildman–Crippen MR) is 133 cm³/mol. The van der Waals surface area contributed by atoms with E-state index in [0.717, 1.165) is 29.8 Å². The molecule has 1 aromatic carbocycles. The molecule has 0 bridgehead atoms. The van der Waals surface area contributed by atoms with Crippen molar-refractivity contribution in [3.63, 3.8) is 0 Å². The molecule has 10 heteroatoms. The molecule has 0 aliphatic carbocycles. The smallest absolute Gasteiger partial charge is 0.278 e. The molecule has 35 heavy (non-hydrogen) atoms. The number of allylic oxidation sites excluding steroid dienone is 1. The monoisotopic (exact) mass is 474 g/mol. The molecule has 9 nitrogen and oxygen atoms in total. The van der Waals surface area contributed by atoms with Crippen molar-refractivity contribution in [2.24, 2.45) is 10.4 Å². The zero-order valence-electron chi connectivity index (χ0n) is 20.0. The van der Waals surface area contributed by atoms with Gasteiger partial charge in [0.2, 0.25) is 5.95 Å². The average Bonchev–Trinajstić information content (AvgIpc) is 3.15. The van der Waals surface area contributed by atoms with Crippen molar-refractivity contribution in [1.82, 2.24) is 24.6 Å². The van der Waals surface area contributed by atoms with E-state index in [-0.39, 0.29) is 23.4 Å². The number of nitrogens with zero attached hydrogens (tertiary/aromatic N) is 6. The molecule has 0 saturated heterocycles. The first-order chi connectivity index (χ1) is 16.8. The van der Waals surface area contributed by atoms with Crippen LogP contribution < -0.4 is 16.2 Å². The minimum absolute atomic E-state index is 0.200. The molecule has 2 aliphatic rings. The molecule has 3 aromatic rings. The van der Waals surface area contributed by atoms with Gasteiger partial charge in [0.1, 0.15) is 11.2 Å². The Kier molecular flexibility index (Phi) is 5.73. The first-order valence-corrected chi connectivity index (χ1v) is 11.7. The van der Waals surface area contributed by atoms with Gasteiger partial charge in [0.15, 0.2) is 5.65 Å². The second-order valence-electron chi connectivity index (χ2n) is 9.43. The number of dihydropyridines is 1. The number of hydrogen-bond acceptors (Lipinski definition) is 7. The Labute approximate surface area is 202 Å². The van der Waals surface area contributed by atoms with Gasteiger partial charge in [-0.15, -0.1) is 0 Å². The molecule has 180 valence electrons. The molecule has 1 atom stereocenters. The molecule has 0 fully saturated rings. The average molecular weight is 475 g/mol. The molecule has 4 heterocycles. The third-order valence-corrected chi connectivity index (χ3v) is 6.73. The largest absolute Gasteiger partial charge is 0.322 e. The van der Waals surface area contributed by atoms with Crippen LogP contribution in [0.2, 0.25) is 0 Å².